The summed E-state index contributed by atoms with van der Waals surface area (Å²) in [5.41, 5.74) is 0. The zero-order valence-corrected chi connectivity index (χ0v) is 5.40. The number of rotatable bonds is 4. The third-order valence-electron chi connectivity index (χ3n) is 0.806. The molecule has 0 radical (unpaired) electrons. The molecule has 58 valence electrons. The van der Waals surface area contributed by atoms with E-state index in [2.05, 4.69) is 0 Å². The van der Waals surface area contributed by atoms with E-state index >= 15 is 0 Å². The molecule has 10 heavy (non-hydrogen) atoms. The van der Waals surface area contributed by atoms with Crippen molar-refractivity contribution in [3.63, 3.8) is 0 Å². The third kappa shape index (κ3) is 7.13. The topological polar surface area (TPSA) is 77.8 Å². The maximum absolute atomic E-state index is 9.87. The van der Waals surface area contributed by atoms with Crippen molar-refractivity contribution in [2.24, 2.45) is 0 Å². The van der Waals surface area contributed by atoms with Gasteiger partial charge in [0.05, 0.1) is 6.42 Å². The monoisotopic (exact) mass is 146 g/mol. The lowest BCUT2D eigenvalue weighted by Gasteiger charge is -1.94. The number of hydrogen-bond acceptors (Lipinski definition) is 3. The summed E-state index contributed by atoms with van der Waals surface area (Å²) in [6.07, 6.45) is 1.41. The van der Waals surface area contributed by atoms with Crippen LogP contribution in [0.5, 0.6) is 0 Å². The van der Waals surface area contributed by atoms with Gasteiger partial charge in [-0.1, -0.05) is 12.2 Å². The Morgan fingerprint density at radius 3 is 2.40 bits per heavy atom. The van der Waals surface area contributed by atoms with Crippen LogP contribution in [0.25, 0.3) is 0 Å². The molecule has 0 fully saturated rings. The Morgan fingerprint density at radius 1 is 1.40 bits per heavy atom. The minimum Gasteiger partial charge on any atom is -0.481 e. The SMILES string of the molecule is O=C(O)CC=CCC(O)O. The lowest BCUT2D eigenvalue weighted by atomic mass is 10.3. The van der Waals surface area contributed by atoms with Gasteiger partial charge in [-0.25, -0.2) is 0 Å². The second kappa shape index (κ2) is 4.96. The molecule has 0 amide bonds. The van der Waals surface area contributed by atoms with Crippen LogP contribution in [0.1, 0.15) is 12.8 Å². The Kier molecular flexibility index (Phi) is 4.53. The minimum absolute atomic E-state index is 0.0767. The maximum Gasteiger partial charge on any atom is 0.307 e. The Bertz CT molecular complexity index is 128. The van der Waals surface area contributed by atoms with E-state index < -0.39 is 12.3 Å². The minimum atomic E-state index is -1.38. The number of carboxylic acids is 1. The molecule has 4 nitrogen and oxygen atoms in total. The summed E-state index contributed by atoms with van der Waals surface area (Å²) in [4.78, 5) is 9.87. The first-order valence-corrected chi connectivity index (χ1v) is 2.86. The third-order valence-corrected chi connectivity index (χ3v) is 0.806. The summed E-state index contributed by atoms with van der Waals surface area (Å²) in [5.74, 6) is -0.927. The van der Waals surface area contributed by atoms with Crippen molar-refractivity contribution in [2.75, 3.05) is 0 Å². The van der Waals surface area contributed by atoms with Crippen LogP contribution in [0, 0.1) is 0 Å². The highest BCUT2D eigenvalue weighted by Gasteiger charge is 1.92. The molecule has 0 aliphatic rings. The van der Waals surface area contributed by atoms with Crippen molar-refractivity contribution >= 4 is 5.97 Å². The summed E-state index contributed by atoms with van der Waals surface area (Å²) in [6, 6.07) is 0. The number of aliphatic hydroxyl groups excluding tert-OH is 1. The standard InChI is InChI=1S/C6H10O4/c7-5(8)3-1-2-4-6(9)10/h1-2,5,7-8H,3-4H2,(H,9,10). The van der Waals surface area contributed by atoms with Gasteiger partial charge in [-0.3, -0.25) is 4.79 Å². The molecule has 0 bridgehead atoms. The largest absolute Gasteiger partial charge is 0.481 e. The van der Waals surface area contributed by atoms with E-state index in [0.717, 1.165) is 0 Å². The van der Waals surface area contributed by atoms with Crippen LogP contribution in [-0.2, 0) is 4.79 Å². The summed E-state index contributed by atoms with van der Waals surface area (Å²) < 4.78 is 0. The molecule has 0 saturated heterocycles. The second-order valence-electron chi connectivity index (χ2n) is 1.79. The molecule has 3 N–H and O–H groups in total. The van der Waals surface area contributed by atoms with Gasteiger partial charge in [0, 0.05) is 6.42 Å². The second-order valence-corrected chi connectivity index (χ2v) is 1.79. The molecule has 4 heteroatoms. The number of carbonyl (C=O) groups is 1. The predicted octanol–water partition coefficient (Wildman–Crippen LogP) is -0.282. The van der Waals surface area contributed by atoms with Gasteiger partial charge in [0.15, 0.2) is 6.29 Å². The highest BCUT2D eigenvalue weighted by atomic mass is 16.5. The molecule has 0 spiro atoms. The first kappa shape index (κ1) is 9.13. The molecule has 0 rings (SSSR count). The van der Waals surface area contributed by atoms with E-state index in [1.54, 1.807) is 0 Å². The number of aliphatic carboxylic acids is 1. The van der Waals surface area contributed by atoms with E-state index in [1.807, 2.05) is 0 Å². The molecule has 0 aliphatic heterocycles. The molecule has 0 unspecified atom stereocenters. The van der Waals surface area contributed by atoms with Crippen molar-refractivity contribution in [3.8, 4) is 0 Å². The summed E-state index contributed by atoms with van der Waals surface area (Å²) in [7, 11) is 0. The van der Waals surface area contributed by atoms with E-state index in [0.29, 0.717) is 0 Å². The molecule has 0 saturated carbocycles. The Hall–Kier alpha value is -0.870. The zero-order valence-electron chi connectivity index (χ0n) is 5.40. The smallest absolute Gasteiger partial charge is 0.307 e. The fraction of sp³-hybridized carbons (Fsp3) is 0.500. The van der Waals surface area contributed by atoms with E-state index in [9.17, 15) is 4.79 Å². The molecule has 0 aromatic rings. The average molecular weight is 146 g/mol. The van der Waals surface area contributed by atoms with Gasteiger partial charge in [-0.05, 0) is 0 Å². The molecule has 0 aromatic heterocycles. The summed E-state index contributed by atoms with van der Waals surface area (Å²) in [6.45, 7) is 0. The van der Waals surface area contributed by atoms with E-state index in [4.69, 9.17) is 15.3 Å². The Morgan fingerprint density at radius 2 is 2.00 bits per heavy atom. The molecule has 0 atom stereocenters. The van der Waals surface area contributed by atoms with Gasteiger partial charge in [0.2, 0.25) is 0 Å². The van der Waals surface area contributed by atoms with E-state index in [1.165, 1.54) is 12.2 Å². The number of carboxylic acid groups (broad SMARTS) is 1. The fourth-order valence-corrected chi connectivity index (χ4v) is 0.402. The van der Waals surface area contributed by atoms with Crippen LogP contribution in [-0.4, -0.2) is 27.6 Å². The van der Waals surface area contributed by atoms with E-state index in [-0.39, 0.29) is 12.8 Å². The highest BCUT2D eigenvalue weighted by Crippen LogP contribution is 1.90. The van der Waals surface area contributed by atoms with Crippen LogP contribution in [0.2, 0.25) is 0 Å². The van der Waals surface area contributed by atoms with Crippen molar-refractivity contribution in [3.05, 3.63) is 12.2 Å². The number of aliphatic hydroxyl groups is 2. The molecular weight excluding hydrogens is 136 g/mol. The maximum atomic E-state index is 9.87. The normalized spacial score (nSPS) is 11.1. The van der Waals surface area contributed by atoms with Crippen molar-refractivity contribution in [2.45, 2.75) is 19.1 Å². The highest BCUT2D eigenvalue weighted by molar-refractivity contribution is 5.68. The Labute approximate surface area is 58.4 Å². The van der Waals surface area contributed by atoms with Gasteiger partial charge < -0.3 is 15.3 Å². The van der Waals surface area contributed by atoms with Crippen LogP contribution in [0.4, 0.5) is 0 Å². The lowest BCUT2D eigenvalue weighted by Crippen LogP contribution is -2.00. The predicted molar refractivity (Wildman–Crippen MR) is 34.2 cm³/mol. The van der Waals surface area contributed by atoms with Crippen molar-refractivity contribution in [1.29, 1.82) is 0 Å². The first-order chi connectivity index (χ1) is 4.63. The van der Waals surface area contributed by atoms with Gasteiger partial charge >= 0.3 is 5.97 Å². The summed E-state index contributed by atoms with van der Waals surface area (Å²) in [5, 5.41) is 24.7. The molecule has 0 heterocycles. The molecule has 0 aliphatic carbocycles. The van der Waals surface area contributed by atoms with Gasteiger partial charge in [0.25, 0.3) is 0 Å². The summed E-state index contributed by atoms with van der Waals surface area (Å²) >= 11 is 0. The van der Waals surface area contributed by atoms with Crippen LogP contribution in [0.3, 0.4) is 0 Å². The molecular formula is C6H10O4. The molecule has 0 aromatic carbocycles. The van der Waals surface area contributed by atoms with Crippen LogP contribution < -0.4 is 0 Å². The van der Waals surface area contributed by atoms with Gasteiger partial charge in [-0.2, -0.15) is 0 Å². The van der Waals surface area contributed by atoms with Gasteiger partial charge in [-0.15, -0.1) is 0 Å². The first-order valence-electron chi connectivity index (χ1n) is 2.86. The van der Waals surface area contributed by atoms with Crippen LogP contribution >= 0.6 is 0 Å². The van der Waals surface area contributed by atoms with Crippen molar-refractivity contribution in [1.82, 2.24) is 0 Å². The number of hydrogen-bond donors (Lipinski definition) is 3. The fourth-order valence-electron chi connectivity index (χ4n) is 0.402. The Balaban J connectivity index is 3.29. The van der Waals surface area contributed by atoms with Crippen LogP contribution in [0.15, 0.2) is 12.2 Å². The lowest BCUT2D eigenvalue weighted by molar-refractivity contribution is -0.136. The average Bonchev–Trinajstić information content (AvgIpc) is 1.79. The van der Waals surface area contributed by atoms with Crippen molar-refractivity contribution < 1.29 is 20.1 Å². The zero-order chi connectivity index (χ0) is 7.98. The quantitative estimate of drug-likeness (QED) is 0.376. The van der Waals surface area contributed by atoms with Gasteiger partial charge in [0.1, 0.15) is 0 Å².